The van der Waals surface area contributed by atoms with Crippen LogP contribution in [0.15, 0.2) is 89.5 Å². The third-order valence-corrected chi connectivity index (χ3v) is 6.43. The molecule has 38 heavy (non-hydrogen) atoms. The van der Waals surface area contributed by atoms with Gasteiger partial charge in [0.15, 0.2) is 11.5 Å². The fourth-order valence-electron chi connectivity index (χ4n) is 4.13. The minimum Gasteiger partial charge on any atom is -0.490 e. The number of nitrogens with zero attached hydrogens (tertiary/aromatic N) is 2. The molecule has 3 aromatic rings. The highest BCUT2D eigenvalue weighted by molar-refractivity contribution is 6.30. The highest BCUT2D eigenvalue weighted by atomic mass is 35.5. The van der Waals surface area contributed by atoms with Gasteiger partial charge < -0.3 is 9.47 Å². The number of halogens is 1. The van der Waals surface area contributed by atoms with E-state index in [1.165, 1.54) is 0 Å². The van der Waals surface area contributed by atoms with E-state index in [2.05, 4.69) is 0 Å². The third-order valence-electron chi connectivity index (χ3n) is 6.18. The summed E-state index contributed by atoms with van der Waals surface area (Å²) in [5, 5.41) is 10.3. The summed E-state index contributed by atoms with van der Waals surface area (Å²) in [7, 11) is 0. The Morgan fingerprint density at radius 1 is 0.921 bits per heavy atom. The lowest BCUT2D eigenvalue weighted by Crippen LogP contribution is -2.43. The number of carbonyl (C=O) groups excluding carboxylic acids is 2. The minimum atomic E-state index is -0.566. The molecular formula is C31H27ClN2O4. The lowest BCUT2D eigenvalue weighted by atomic mass is 9.93. The van der Waals surface area contributed by atoms with Crippen molar-refractivity contribution < 1.29 is 19.1 Å². The van der Waals surface area contributed by atoms with E-state index in [1.807, 2.05) is 61.5 Å². The summed E-state index contributed by atoms with van der Waals surface area (Å²) >= 11 is 5.96. The van der Waals surface area contributed by atoms with Crippen molar-refractivity contribution in [2.45, 2.75) is 26.9 Å². The van der Waals surface area contributed by atoms with Crippen LogP contribution in [0.5, 0.6) is 11.5 Å². The molecule has 0 fully saturated rings. The quantitative estimate of drug-likeness (QED) is 0.247. The minimum absolute atomic E-state index is 0.0307. The number of ether oxygens (including phenoxy) is 2. The second kappa shape index (κ2) is 12.3. The van der Waals surface area contributed by atoms with E-state index in [9.17, 15) is 14.9 Å². The predicted molar refractivity (Wildman–Crippen MR) is 147 cm³/mol. The van der Waals surface area contributed by atoms with Gasteiger partial charge in [-0.2, -0.15) is 5.26 Å². The van der Waals surface area contributed by atoms with Crippen LogP contribution in [0.25, 0.3) is 6.08 Å². The standard InChI is InChI=1S/C31H27ClN2O4/c1-3-37-29-18-24(11-14-28(29)38-20-23-9-12-25(32)13-10-23)17-26-21(2)27(19-33)31(36)34(30(26)35)16-15-22-7-5-4-6-8-22/h4-14,17-18H,3,15-16,20H2,1-2H3/b26-17+. The fraction of sp³-hybridized carbons (Fsp3) is 0.194. The number of hydrogen-bond donors (Lipinski definition) is 0. The normalized spacial score (nSPS) is 14.6. The van der Waals surface area contributed by atoms with Gasteiger partial charge in [0.25, 0.3) is 11.8 Å². The van der Waals surface area contributed by atoms with E-state index >= 15 is 0 Å². The van der Waals surface area contributed by atoms with Crippen LogP contribution in [0, 0.1) is 11.3 Å². The molecule has 0 bridgehead atoms. The zero-order valence-electron chi connectivity index (χ0n) is 21.2. The predicted octanol–water partition coefficient (Wildman–Crippen LogP) is 6.15. The lowest BCUT2D eigenvalue weighted by Gasteiger charge is -2.27. The van der Waals surface area contributed by atoms with Crippen molar-refractivity contribution in [1.29, 1.82) is 5.26 Å². The van der Waals surface area contributed by atoms with Crippen LogP contribution in [0.2, 0.25) is 5.02 Å². The van der Waals surface area contributed by atoms with Crippen LogP contribution >= 0.6 is 11.6 Å². The smallest absolute Gasteiger partial charge is 0.271 e. The number of carbonyl (C=O) groups is 2. The Bertz CT molecular complexity index is 1440. The second-order valence-electron chi connectivity index (χ2n) is 8.72. The van der Waals surface area contributed by atoms with Crippen molar-refractivity contribution in [3.05, 3.63) is 111 Å². The number of benzene rings is 3. The molecule has 7 heteroatoms. The van der Waals surface area contributed by atoms with Gasteiger partial charge in [0.05, 0.1) is 6.61 Å². The Morgan fingerprint density at radius 2 is 1.66 bits per heavy atom. The van der Waals surface area contributed by atoms with Crippen LogP contribution in [0.4, 0.5) is 0 Å². The summed E-state index contributed by atoms with van der Waals surface area (Å²) in [5.74, 6) is 0.0919. The molecule has 192 valence electrons. The molecule has 1 aliphatic heterocycles. The lowest BCUT2D eigenvalue weighted by molar-refractivity contribution is -0.140. The maximum atomic E-state index is 13.4. The summed E-state index contributed by atoms with van der Waals surface area (Å²) in [6, 6.07) is 24.4. The summed E-state index contributed by atoms with van der Waals surface area (Å²) in [6.07, 6.45) is 2.18. The molecule has 0 saturated heterocycles. The SMILES string of the molecule is CCOc1cc(/C=C2/C(=O)N(CCc3ccccc3)C(=O)C(C#N)=C2C)ccc1OCc1ccc(Cl)cc1. The van der Waals surface area contributed by atoms with E-state index in [-0.39, 0.29) is 12.1 Å². The molecule has 0 aromatic heterocycles. The molecule has 1 heterocycles. The van der Waals surface area contributed by atoms with Gasteiger partial charge in [-0.1, -0.05) is 60.1 Å². The van der Waals surface area contributed by atoms with Gasteiger partial charge in [0.1, 0.15) is 18.2 Å². The molecule has 0 spiro atoms. The monoisotopic (exact) mass is 526 g/mol. The van der Waals surface area contributed by atoms with Gasteiger partial charge in [0, 0.05) is 17.1 Å². The second-order valence-corrected chi connectivity index (χ2v) is 9.16. The van der Waals surface area contributed by atoms with E-state index in [0.29, 0.717) is 52.9 Å². The summed E-state index contributed by atoms with van der Waals surface area (Å²) in [4.78, 5) is 27.5. The van der Waals surface area contributed by atoms with Gasteiger partial charge in [-0.15, -0.1) is 0 Å². The van der Waals surface area contributed by atoms with Gasteiger partial charge >= 0.3 is 0 Å². The Labute approximate surface area is 227 Å². The van der Waals surface area contributed by atoms with Crippen LogP contribution < -0.4 is 9.47 Å². The first-order valence-corrected chi connectivity index (χ1v) is 12.7. The van der Waals surface area contributed by atoms with Crippen LogP contribution in [0.1, 0.15) is 30.5 Å². The largest absolute Gasteiger partial charge is 0.490 e. The molecule has 0 unspecified atom stereocenters. The first-order valence-electron chi connectivity index (χ1n) is 12.3. The number of amides is 2. The van der Waals surface area contributed by atoms with Gasteiger partial charge in [-0.05, 0) is 72.9 Å². The van der Waals surface area contributed by atoms with Gasteiger partial charge in [0.2, 0.25) is 0 Å². The van der Waals surface area contributed by atoms with E-state index in [4.69, 9.17) is 21.1 Å². The maximum absolute atomic E-state index is 13.4. The first-order chi connectivity index (χ1) is 18.4. The Balaban J connectivity index is 1.61. The van der Waals surface area contributed by atoms with Crippen molar-refractivity contribution in [1.82, 2.24) is 4.90 Å². The van der Waals surface area contributed by atoms with Gasteiger partial charge in [-0.25, -0.2) is 0 Å². The average Bonchev–Trinajstić information content (AvgIpc) is 2.92. The number of hydrogen-bond acceptors (Lipinski definition) is 5. The van der Waals surface area contributed by atoms with E-state index in [1.54, 1.807) is 37.3 Å². The first kappa shape index (κ1) is 26.7. The third kappa shape index (κ3) is 6.13. The summed E-state index contributed by atoms with van der Waals surface area (Å²) in [5.41, 5.74) is 3.27. The number of rotatable bonds is 9. The van der Waals surface area contributed by atoms with E-state index in [0.717, 1.165) is 16.0 Å². The molecule has 2 amide bonds. The van der Waals surface area contributed by atoms with Gasteiger partial charge in [-0.3, -0.25) is 14.5 Å². The fourth-order valence-corrected chi connectivity index (χ4v) is 4.25. The molecule has 6 nitrogen and oxygen atoms in total. The van der Waals surface area contributed by atoms with Crippen LogP contribution in [-0.4, -0.2) is 29.9 Å². The topological polar surface area (TPSA) is 79.6 Å². The Kier molecular flexibility index (Phi) is 8.62. The van der Waals surface area contributed by atoms with Crippen molar-refractivity contribution in [3.63, 3.8) is 0 Å². The molecule has 0 N–H and O–H groups in total. The summed E-state index contributed by atoms with van der Waals surface area (Å²) < 4.78 is 11.8. The molecule has 4 rings (SSSR count). The van der Waals surface area contributed by atoms with E-state index < -0.39 is 11.8 Å². The Hall–Kier alpha value is -4.34. The highest BCUT2D eigenvalue weighted by Gasteiger charge is 2.35. The van der Waals surface area contributed by atoms with Crippen LogP contribution in [-0.2, 0) is 22.6 Å². The van der Waals surface area contributed by atoms with Crippen molar-refractivity contribution in [2.24, 2.45) is 0 Å². The zero-order valence-corrected chi connectivity index (χ0v) is 22.0. The maximum Gasteiger partial charge on any atom is 0.271 e. The summed E-state index contributed by atoms with van der Waals surface area (Å²) in [6.45, 7) is 4.44. The van der Waals surface area contributed by atoms with Crippen molar-refractivity contribution in [3.8, 4) is 17.6 Å². The molecule has 0 aliphatic carbocycles. The molecule has 0 atom stereocenters. The molecule has 1 aliphatic rings. The zero-order chi connectivity index (χ0) is 27.1. The molecule has 0 saturated carbocycles. The van der Waals surface area contributed by atoms with Crippen molar-refractivity contribution >= 4 is 29.5 Å². The molecular weight excluding hydrogens is 500 g/mol. The van der Waals surface area contributed by atoms with Crippen molar-refractivity contribution in [2.75, 3.05) is 13.2 Å². The molecule has 3 aromatic carbocycles. The van der Waals surface area contributed by atoms with Crippen LogP contribution in [0.3, 0.4) is 0 Å². The molecule has 0 radical (unpaired) electrons. The highest BCUT2D eigenvalue weighted by Crippen LogP contribution is 2.32. The average molecular weight is 527 g/mol. The Morgan fingerprint density at radius 3 is 2.34 bits per heavy atom. The number of imide groups is 1. The number of nitriles is 1.